The van der Waals surface area contributed by atoms with E-state index in [-0.39, 0.29) is 5.82 Å². The maximum Gasteiger partial charge on any atom is 0.123 e. The fourth-order valence-corrected chi connectivity index (χ4v) is 1.03. The first kappa shape index (κ1) is 11.1. The molecule has 0 saturated heterocycles. The minimum absolute atomic E-state index is 0.219. The van der Waals surface area contributed by atoms with Crippen molar-refractivity contribution in [2.45, 2.75) is 13.5 Å². The maximum atomic E-state index is 12.5. The van der Waals surface area contributed by atoms with E-state index in [1.165, 1.54) is 12.1 Å². The smallest absolute Gasteiger partial charge is 0.123 e. The zero-order valence-corrected chi connectivity index (χ0v) is 8.33. The molecule has 3 heteroatoms. The van der Waals surface area contributed by atoms with Crippen LogP contribution in [0.25, 0.3) is 0 Å². The molecule has 0 saturated carbocycles. The molecule has 1 rings (SSSR count). The summed E-state index contributed by atoms with van der Waals surface area (Å²) in [6.07, 6.45) is 0. The Morgan fingerprint density at radius 3 is 2.36 bits per heavy atom. The predicted octanol–water partition coefficient (Wildman–Crippen LogP) is 2.38. The maximum absolute atomic E-state index is 12.5. The van der Waals surface area contributed by atoms with Gasteiger partial charge in [-0.15, -0.1) is 0 Å². The molecular formula is C11H15FO2. The summed E-state index contributed by atoms with van der Waals surface area (Å²) in [6, 6.07) is 6.30. The summed E-state index contributed by atoms with van der Waals surface area (Å²) in [5.41, 5.74) is 0.975. The Morgan fingerprint density at radius 1 is 1.07 bits per heavy atom. The largest absolute Gasteiger partial charge is 0.379 e. The number of rotatable bonds is 6. The van der Waals surface area contributed by atoms with Gasteiger partial charge in [0.1, 0.15) is 5.82 Å². The Balaban J connectivity index is 2.15. The Bertz CT molecular complexity index is 246. The monoisotopic (exact) mass is 198 g/mol. The van der Waals surface area contributed by atoms with Crippen LogP contribution in [0, 0.1) is 5.82 Å². The molecule has 0 aromatic heterocycles. The minimum atomic E-state index is -0.219. The lowest BCUT2D eigenvalue weighted by Crippen LogP contribution is -2.03. The van der Waals surface area contributed by atoms with Crippen LogP contribution in [0.3, 0.4) is 0 Å². The molecule has 14 heavy (non-hydrogen) atoms. The summed E-state index contributed by atoms with van der Waals surface area (Å²) >= 11 is 0. The van der Waals surface area contributed by atoms with Gasteiger partial charge in [-0.2, -0.15) is 0 Å². The van der Waals surface area contributed by atoms with E-state index < -0.39 is 0 Å². The number of halogens is 1. The van der Waals surface area contributed by atoms with Crippen LogP contribution in [0.4, 0.5) is 4.39 Å². The Labute approximate surface area is 83.6 Å². The lowest BCUT2D eigenvalue weighted by atomic mass is 10.2. The van der Waals surface area contributed by atoms with Gasteiger partial charge in [0, 0.05) is 6.61 Å². The van der Waals surface area contributed by atoms with Gasteiger partial charge in [0.2, 0.25) is 0 Å². The van der Waals surface area contributed by atoms with Crippen molar-refractivity contribution < 1.29 is 13.9 Å². The predicted molar refractivity (Wildman–Crippen MR) is 52.5 cm³/mol. The number of ether oxygens (including phenoxy) is 2. The Kier molecular flexibility index (Phi) is 5.19. The SMILES string of the molecule is CCOCCOCc1ccc(F)cc1. The van der Waals surface area contributed by atoms with Gasteiger partial charge in [0.05, 0.1) is 19.8 Å². The quantitative estimate of drug-likeness (QED) is 0.653. The molecule has 0 atom stereocenters. The second-order valence-electron chi connectivity index (χ2n) is 2.88. The fraction of sp³-hybridized carbons (Fsp3) is 0.455. The van der Waals surface area contributed by atoms with E-state index >= 15 is 0 Å². The Hall–Kier alpha value is -0.930. The molecule has 1 aromatic carbocycles. The van der Waals surface area contributed by atoms with Crippen molar-refractivity contribution in [1.82, 2.24) is 0 Å². The molecule has 0 amide bonds. The highest BCUT2D eigenvalue weighted by Gasteiger charge is 1.93. The van der Waals surface area contributed by atoms with Crippen LogP contribution in [0.5, 0.6) is 0 Å². The molecule has 0 radical (unpaired) electrons. The minimum Gasteiger partial charge on any atom is -0.379 e. The molecule has 0 heterocycles. The molecule has 2 nitrogen and oxygen atoms in total. The van der Waals surface area contributed by atoms with E-state index in [9.17, 15) is 4.39 Å². The van der Waals surface area contributed by atoms with Crippen molar-refractivity contribution in [2.75, 3.05) is 19.8 Å². The third-order valence-electron chi connectivity index (χ3n) is 1.76. The van der Waals surface area contributed by atoms with E-state index in [4.69, 9.17) is 9.47 Å². The van der Waals surface area contributed by atoms with Crippen LogP contribution in [0.1, 0.15) is 12.5 Å². The van der Waals surface area contributed by atoms with Gasteiger partial charge < -0.3 is 9.47 Å². The zero-order chi connectivity index (χ0) is 10.2. The summed E-state index contributed by atoms with van der Waals surface area (Å²) in [7, 11) is 0. The van der Waals surface area contributed by atoms with Crippen molar-refractivity contribution in [3.63, 3.8) is 0 Å². The van der Waals surface area contributed by atoms with Crippen LogP contribution in [0.2, 0.25) is 0 Å². The molecule has 0 N–H and O–H groups in total. The standard InChI is InChI=1S/C11H15FO2/c1-2-13-7-8-14-9-10-3-5-11(12)6-4-10/h3-6H,2,7-9H2,1H3. The van der Waals surface area contributed by atoms with Crippen LogP contribution < -0.4 is 0 Å². The Morgan fingerprint density at radius 2 is 1.71 bits per heavy atom. The topological polar surface area (TPSA) is 18.5 Å². The zero-order valence-electron chi connectivity index (χ0n) is 8.33. The highest BCUT2D eigenvalue weighted by Crippen LogP contribution is 2.03. The highest BCUT2D eigenvalue weighted by molar-refractivity contribution is 5.14. The van der Waals surface area contributed by atoms with Gasteiger partial charge in [0.15, 0.2) is 0 Å². The van der Waals surface area contributed by atoms with Crippen molar-refractivity contribution >= 4 is 0 Å². The van der Waals surface area contributed by atoms with Crippen LogP contribution >= 0.6 is 0 Å². The van der Waals surface area contributed by atoms with Crippen LogP contribution in [-0.4, -0.2) is 19.8 Å². The molecule has 1 aromatic rings. The first-order chi connectivity index (χ1) is 6.83. The van der Waals surface area contributed by atoms with Gasteiger partial charge in [-0.1, -0.05) is 12.1 Å². The van der Waals surface area contributed by atoms with E-state index in [2.05, 4.69) is 0 Å². The van der Waals surface area contributed by atoms with Gasteiger partial charge in [-0.25, -0.2) is 4.39 Å². The highest BCUT2D eigenvalue weighted by atomic mass is 19.1. The summed E-state index contributed by atoms with van der Waals surface area (Å²) < 4.78 is 22.9. The van der Waals surface area contributed by atoms with Crippen molar-refractivity contribution in [2.24, 2.45) is 0 Å². The van der Waals surface area contributed by atoms with Gasteiger partial charge >= 0.3 is 0 Å². The van der Waals surface area contributed by atoms with Crippen molar-refractivity contribution in [3.8, 4) is 0 Å². The van der Waals surface area contributed by atoms with Gasteiger partial charge in [-0.05, 0) is 24.6 Å². The molecule has 0 unspecified atom stereocenters. The van der Waals surface area contributed by atoms with Gasteiger partial charge in [0.25, 0.3) is 0 Å². The molecule has 78 valence electrons. The van der Waals surface area contributed by atoms with E-state index in [0.29, 0.717) is 26.4 Å². The lowest BCUT2D eigenvalue weighted by Gasteiger charge is -2.04. The number of hydrogen-bond acceptors (Lipinski definition) is 2. The van der Waals surface area contributed by atoms with E-state index in [1.54, 1.807) is 12.1 Å². The summed E-state index contributed by atoms with van der Waals surface area (Å²) in [6.45, 7) is 4.34. The lowest BCUT2D eigenvalue weighted by molar-refractivity contribution is 0.0453. The summed E-state index contributed by atoms with van der Waals surface area (Å²) in [5.74, 6) is -0.219. The van der Waals surface area contributed by atoms with E-state index in [1.807, 2.05) is 6.92 Å². The molecule has 0 aliphatic heterocycles. The van der Waals surface area contributed by atoms with E-state index in [0.717, 1.165) is 5.56 Å². The third kappa shape index (κ3) is 4.35. The molecule has 0 aliphatic carbocycles. The molecule has 0 bridgehead atoms. The third-order valence-corrected chi connectivity index (χ3v) is 1.76. The average molecular weight is 198 g/mol. The molecule has 0 fully saturated rings. The average Bonchev–Trinajstić information content (AvgIpc) is 2.21. The number of benzene rings is 1. The second-order valence-corrected chi connectivity index (χ2v) is 2.88. The van der Waals surface area contributed by atoms with Crippen LogP contribution in [0.15, 0.2) is 24.3 Å². The van der Waals surface area contributed by atoms with Gasteiger partial charge in [-0.3, -0.25) is 0 Å². The van der Waals surface area contributed by atoms with Crippen LogP contribution in [-0.2, 0) is 16.1 Å². The first-order valence-corrected chi connectivity index (χ1v) is 4.73. The molecule has 0 aliphatic rings. The fourth-order valence-electron chi connectivity index (χ4n) is 1.03. The number of hydrogen-bond donors (Lipinski definition) is 0. The molecular weight excluding hydrogens is 183 g/mol. The van der Waals surface area contributed by atoms with Crippen molar-refractivity contribution in [3.05, 3.63) is 35.6 Å². The second kappa shape index (κ2) is 6.51. The normalized spacial score (nSPS) is 10.4. The first-order valence-electron chi connectivity index (χ1n) is 4.73. The summed E-state index contributed by atoms with van der Waals surface area (Å²) in [4.78, 5) is 0. The van der Waals surface area contributed by atoms with Crippen molar-refractivity contribution in [1.29, 1.82) is 0 Å². The summed E-state index contributed by atoms with van der Waals surface area (Å²) in [5, 5.41) is 0. The molecule has 0 spiro atoms.